The van der Waals surface area contributed by atoms with Crippen LogP contribution in [-0.2, 0) is 31.6 Å². The molecule has 0 aliphatic carbocycles. The van der Waals surface area contributed by atoms with E-state index < -0.39 is 83.0 Å². The van der Waals surface area contributed by atoms with Crippen LogP contribution in [0.1, 0.15) is 17.2 Å². The van der Waals surface area contributed by atoms with Gasteiger partial charge in [0.05, 0.1) is 17.7 Å². The zero-order valence-corrected chi connectivity index (χ0v) is 17.7. The van der Waals surface area contributed by atoms with E-state index >= 15 is 0 Å². The van der Waals surface area contributed by atoms with Crippen LogP contribution in [0.15, 0.2) is 4.79 Å². The SMILES string of the molecule is Cc1c(F)c([C@@H]2O[C@H](COP(=O)(O)OP(=O)(O)OP(=O)(O)O)C(O)[C@@H]2F)c(F)[nH]c1=O. The Morgan fingerprint density at radius 2 is 1.68 bits per heavy atom. The fourth-order valence-corrected chi connectivity index (χ4v) is 5.50. The van der Waals surface area contributed by atoms with Gasteiger partial charge in [0.15, 0.2) is 6.17 Å². The van der Waals surface area contributed by atoms with Crippen LogP contribution in [0.25, 0.3) is 0 Å². The lowest BCUT2D eigenvalue weighted by Gasteiger charge is -2.19. The molecule has 1 aliphatic heterocycles. The van der Waals surface area contributed by atoms with E-state index in [1.54, 1.807) is 4.98 Å². The van der Waals surface area contributed by atoms with Crippen LogP contribution >= 0.6 is 23.5 Å². The van der Waals surface area contributed by atoms with Crippen molar-refractivity contribution in [1.29, 1.82) is 0 Å². The van der Waals surface area contributed by atoms with E-state index in [1.165, 1.54) is 0 Å². The van der Waals surface area contributed by atoms with E-state index in [4.69, 9.17) is 19.4 Å². The molecule has 1 aromatic heterocycles. The zero-order chi connectivity index (χ0) is 23.9. The van der Waals surface area contributed by atoms with Crippen LogP contribution in [0.4, 0.5) is 13.2 Å². The molecule has 0 aromatic carbocycles. The maximum absolute atomic E-state index is 14.4. The number of ether oxygens (including phenoxy) is 1. The van der Waals surface area contributed by atoms with Gasteiger partial charge in [0.2, 0.25) is 5.95 Å². The monoisotopic (exact) mass is 519 g/mol. The van der Waals surface area contributed by atoms with Crippen molar-refractivity contribution in [1.82, 2.24) is 4.98 Å². The van der Waals surface area contributed by atoms with Crippen LogP contribution < -0.4 is 5.56 Å². The lowest BCUT2D eigenvalue weighted by molar-refractivity contribution is -0.0240. The molecule has 0 amide bonds. The van der Waals surface area contributed by atoms with Crippen LogP contribution in [-0.4, -0.2) is 54.7 Å². The Bertz CT molecular complexity index is 1040. The van der Waals surface area contributed by atoms with Gasteiger partial charge in [-0.1, -0.05) is 0 Å². The number of hydrogen-bond donors (Lipinski definition) is 6. The van der Waals surface area contributed by atoms with Gasteiger partial charge in [-0.3, -0.25) is 14.3 Å². The van der Waals surface area contributed by atoms with Crippen LogP contribution in [0.3, 0.4) is 0 Å². The van der Waals surface area contributed by atoms with Gasteiger partial charge in [0, 0.05) is 0 Å². The topological polar surface area (TPSA) is 222 Å². The van der Waals surface area contributed by atoms with E-state index in [9.17, 15) is 41.7 Å². The first-order valence-corrected chi connectivity index (χ1v) is 12.3. The minimum Gasteiger partial charge on any atom is -0.387 e. The first-order valence-electron chi connectivity index (χ1n) is 7.78. The minimum atomic E-state index is -5.82. The summed E-state index contributed by atoms with van der Waals surface area (Å²) in [6.07, 6.45) is -8.71. The second-order valence-electron chi connectivity index (χ2n) is 6.04. The average molecular weight is 519 g/mol. The van der Waals surface area contributed by atoms with Gasteiger partial charge in [0.25, 0.3) is 5.56 Å². The molecule has 6 N–H and O–H groups in total. The van der Waals surface area contributed by atoms with Crippen molar-refractivity contribution in [2.75, 3.05) is 6.61 Å². The van der Waals surface area contributed by atoms with E-state index in [0.29, 0.717) is 0 Å². The van der Waals surface area contributed by atoms with Crippen molar-refractivity contribution >= 4 is 23.5 Å². The lowest BCUT2D eigenvalue weighted by atomic mass is 10.0. The molecule has 0 radical (unpaired) electrons. The number of aromatic amines is 1. The summed E-state index contributed by atoms with van der Waals surface area (Å²) < 4.78 is 92.0. The van der Waals surface area contributed by atoms with Crippen molar-refractivity contribution < 1.29 is 69.4 Å². The van der Waals surface area contributed by atoms with Gasteiger partial charge in [-0.2, -0.15) is 13.0 Å². The fourth-order valence-electron chi connectivity index (χ4n) is 2.47. The van der Waals surface area contributed by atoms with Crippen molar-refractivity contribution in [2.24, 2.45) is 0 Å². The summed E-state index contributed by atoms with van der Waals surface area (Å²) in [5, 5.41) is 9.84. The fraction of sp³-hybridized carbons (Fsp3) is 0.545. The number of aromatic nitrogens is 1. The second kappa shape index (κ2) is 9.14. The Labute approximate surface area is 170 Å². The first-order chi connectivity index (χ1) is 13.9. The standard InChI is InChI=1S/C11H15F3NO13P3/c1-3-6(12)5(10(14)15-11(3)17)9-7(13)8(16)4(26-9)2-25-30(21,22)28-31(23,24)27-29(18,19)20/h4,7-9,16H,2H2,1H3,(H,15,17)(H,21,22)(H,23,24)(H2,18,19,20)/t4-,7+,8?,9+/m1/s1. The number of H-pyrrole nitrogens is 1. The largest absolute Gasteiger partial charge is 0.490 e. The van der Waals surface area contributed by atoms with Crippen molar-refractivity contribution in [2.45, 2.75) is 31.4 Å². The second-order valence-corrected chi connectivity index (χ2v) is 10.5. The molecule has 0 spiro atoms. The zero-order valence-electron chi connectivity index (χ0n) is 15.0. The van der Waals surface area contributed by atoms with E-state index in [2.05, 4.69) is 13.1 Å². The maximum atomic E-state index is 14.4. The van der Waals surface area contributed by atoms with Crippen LogP contribution in [0.5, 0.6) is 0 Å². The molecule has 2 rings (SSSR count). The Hall–Kier alpha value is -0.930. The van der Waals surface area contributed by atoms with Gasteiger partial charge >= 0.3 is 23.5 Å². The highest BCUT2D eigenvalue weighted by Crippen LogP contribution is 2.66. The summed E-state index contributed by atoms with van der Waals surface area (Å²) >= 11 is 0. The summed E-state index contributed by atoms with van der Waals surface area (Å²) in [6, 6.07) is 0. The highest BCUT2D eigenvalue weighted by molar-refractivity contribution is 7.66. The molecule has 3 unspecified atom stereocenters. The lowest BCUT2D eigenvalue weighted by Crippen LogP contribution is -2.31. The number of hydrogen-bond acceptors (Lipinski definition) is 9. The Balaban J connectivity index is 2.14. The van der Waals surface area contributed by atoms with Gasteiger partial charge in [-0.15, -0.1) is 0 Å². The molecule has 31 heavy (non-hydrogen) atoms. The number of aliphatic hydroxyl groups is 1. The molecule has 1 aromatic rings. The third kappa shape index (κ3) is 6.54. The number of alkyl halides is 1. The number of pyridine rings is 1. The minimum absolute atomic E-state index is 0.613. The molecule has 178 valence electrons. The van der Waals surface area contributed by atoms with E-state index in [0.717, 1.165) is 6.92 Å². The third-order valence-electron chi connectivity index (χ3n) is 3.79. The van der Waals surface area contributed by atoms with Crippen LogP contribution in [0.2, 0.25) is 0 Å². The number of phosphoric ester groups is 1. The number of aliphatic hydroxyl groups excluding tert-OH is 1. The normalized spacial score (nSPS) is 28.3. The smallest absolute Gasteiger partial charge is 0.387 e. The summed E-state index contributed by atoms with van der Waals surface area (Å²) in [4.78, 5) is 48.2. The summed E-state index contributed by atoms with van der Waals surface area (Å²) in [5.74, 6) is -3.06. The number of halogens is 3. The Morgan fingerprint density at radius 3 is 2.23 bits per heavy atom. The van der Waals surface area contributed by atoms with Gasteiger partial charge < -0.3 is 29.4 Å². The molecular formula is C11H15F3NO13P3. The molecule has 1 aliphatic rings. The average Bonchev–Trinajstić information content (AvgIpc) is 2.83. The molecule has 2 heterocycles. The van der Waals surface area contributed by atoms with Crippen molar-refractivity contribution in [3.8, 4) is 0 Å². The summed E-state index contributed by atoms with van der Waals surface area (Å²) in [7, 11) is -17.1. The molecule has 14 nitrogen and oxygen atoms in total. The molecule has 0 saturated carbocycles. The number of rotatable bonds is 8. The van der Waals surface area contributed by atoms with Crippen LogP contribution in [0, 0.1) is 18.7 Å². The molecule has 1 saturated heterocycles. The number of phosphoric acid groups is 3. The third-order valence-corrected chi connectivity index (χ3v) is 7.59. The van der Waals surface area contributed by atoms with E-state index in [-0.39, 0.29) is 0 Å². The molecule has 20 heteroatoms. The molecule has 0 bridgehead atoms. The molecule has 1 fully saturated rings. The highest BCUT2D eigenvalue weighted by Gasteiger charge is 2.49. The molecule has 6 atom stereocenters. The van der Waals surface area contributed by atoms with Gasteiger partial charge in [-0.25, -0.2) is 22.5 Å². The molecular weight excluding hydrogens is 504 g/mol. The predicted molar refractivity (Wildman–Crippen MR) is 90.0 cm³/mol. The van der Waals surface area contributed by atoms with E-state index in [1.807, 2.05) is 0 Å². The van der Waals surface area contributed by atoms with Crippen molar-refractivity contribution in [3.05, 3.63) is 33.2 Å². The summed E-state index contributed by atoms with van der Waals surface area (Å²) in [5.41, 5.74) is -2.83. The van der Waals surface area contributed by atoms with Gasteiger partial charge in [0.1, 0.15) is 24.1 Å². The highest BCUT2D eigenvalue weighted by atomic mass is 31.3. The quantitative estimate of drug-likeness (QED) is 0.203. The Morgan fingerprint density at radius 1 is 1.10 bits per heavy atom. The number of nitrogens with one attached hydrogen (secondary N) is 1. The first kappa shape index (κ1) is 26.3. The van der Waals surface area contributed by atoms with Gasteiger partial charge in [-0.05, 0) is 6.92 Å². The summed E-state index contributed by atoms with van der Waals surface area (Å²) in [6.45, 7) is -0.296. The predicted octanol–water partition coefficient (Wildman–Crippen LogP) is 0.444. The Kier molecular flexibility index (Phi) is 7.76. The van der Waals surface area contributed by atoms with Crippen molar-refractivity contribution in [3.63, 3.8) is 0 Å². The maximum Gasteiger partial charge on any atom is 0.490 e.